The second kappa shape index (κ2) is 25.4. The van der Waals surface area contributed by atoms with Gasteiger partial charge in [0.05, 0.1) is 19.8 Å². The number of unbranched alkanes of at least 4 members (excludes halogenated alkanes) is 17. The maximum Gasteiger partial charge on any atom is 0.511 e. The van der Waals surface area contributed by atoms with Crippen molar-refractivity contribution in [2.45, 2.75) is 129 Å². The highest BCUT2D eigenvalue weighted by Gasteiger charge is 2.29. The van der Waals surface area contributed by atoms with E-state index in [4.69, 9.17) is 23.3 Å². The molecule has 1 rings (SSSR count). The minimum Gasteiger partial charge on any atom is -0.379 e. The second-order valence-electron chi connectivity index (χ2n) is 9.79. The SMILES string of the molecule is CCCCCCCCCCCCCCCCCCCCOP(=O)(OCCOCC)OOc1ccccc1. The number of ether oxygens (including phenoxy) is 1. The first-order valence-corrected chi connectivity index (χ1v) is 16.5. The molecule has 6 nitrogen and oxygen atoms in total. The highest BCUT2D eigenvalue weighted by molar-refractivity contribution is 7.48. The van der Waals surface area contributed by atoms with Gasteiger partial charge >= 0.3 is 7.82 Å². The molecule has 1 aromatic rings. The Kier molecular flexibility index (Phi) is 23.4. The van der Waals surface area contributed by atoms with Crippen LogP contribution in [0.15, 0.2) is 30.3 Å². The molecule has 1 unspecified atom stereocenters. The van der Waals surface area contributed by atoms with Crippen molar-refractivity contribution in [2.24, 2.45) is 0 Å². The summed E-state index contributed by atoms with van der Waals surface area (Å²) < 4.78 is 34.1. The van der Waals surface area contributed by atoms with Crippen molar-refractivity contribution in [3.63, 3.8) is 0 Å². The van der Waals surface area contributed by atoms with E-state index in [0.717, 1.165) is 12.8 Å². The molecular weight excluding hydrogens is 487 g/mol. The summed E-state index contributed by atoms with van der Waals surface area (Å²) in [7, 11) is -3.82. The molecule has 0 spiro atoms. The first-order chi connectivity index (χ1) is 18.2. The van der Waals surface area contributed by atoms with Crippen LogP contribution >= 0.6 is 7.82 Å². The first kappa shape index (κ1) is 34.1. The largest absolute Gasteiger partial charge is 0.511 e. The summed E-state index contributed by atoms with van der Waals surface area (Å²) in [5, 5.41) is 0. The first-order valence-electron chi connectivity index (χ1n) is 15.1. The molecule has 0 radical (unpaired) electrons. The Morgan fingerprint density at radius 1 is 0.568 bits per heavy atom. The normalized spacial score (nSPS) is 13.0. The number of hydrogen-bond acceptors (Lipinski definition) is 6. The van der Waals surface area contributed by atoms with Gasteiger partial charge in [-0.05, 0) is 25.5 Å². The van der Waals surface area contributed by atoms with Crippen LogP contribution in [0.2, 0.25) is 0 Å². The van der Waals surface area contributed by atoms with Crippen LogP contribution in [-0.2, 0) is 23.0 Å². The molecule has 0 saturated carbocycles. The van der Waals surface area contributed by atoms with Gasteiger partial charge in [0.1, 0.15) is 0 Å². The number of hydrogen-bond donors (Lipinski definition) is 0. The Hall–Kier alpha value is -0.910. The maximum atomic E-state index is 12.9. The predicted molar refractivity (Wildman–Crippen MR) is 153 cm³/mol. The minimum absolute atomic E-state index is 0.113. The smallest absolute Gasteiger partial charge is 0.379 e. The van der Waals surface area contributed by atoms with Crippen molar-refractivity contribution >= 4 is 7.82 Å². The highest BCUT2D eigenvalue weighted by atomic mass is 31.2. The Balaban J connectivity index is 1.98. The summed E-state index contributed by atoms with van der Waals surface area (Å²) in [5.41, 5.74) is 0. The molecule has 0 bridgehead atoms. The molecule has 0 heterocycles. The Morgan fingerprint density at radius 2 is 1.03 bits per heavy atom. The maximum absolute atomic E-state index is 12.9. The lowest BCUT2D eigenvalue weighted by atomic mass is 10.0. The van der Waals surface area contributed by atoms with Crippen LogP contribution in [-0.4, -0.2) is 26.4 Å². The highest BCUT2D eigenvalue weighted by Crippen LogP contribution is 2.49. The summed E-state index contributed by atoms with van der Waals surface area (Å²) in [6.07, 6.45) is 23.8. The van der Waals surface area contributed by atoms with E-state index in [2.05, 4.69) is 6.92 Å². The molecule has 0 aliphatic heterocycles. The molecule has 0 N–H and O–H groups in total. The van der Waals surface area contributed by atoms with Gasteiger partial charge in [0, 0.05) is 6.61 Å². The lowest BCUT2D eigenvalue weighted by Crippen LogP contribution is -2.08. The zero-order chi connectivity index (χ0) is 26.7. The second-order valence-corrected chi connectivity index (χ2v) is 11.4. The van der Waals surface area contributed by atoms with Gasteiger partial charge in [-0.15, -0.1) is 0 Å². The topological polar surface area (TPSA) is 63.2 Å². The summed E-state index contributed by atoms with van der Waals surface area (Å²) in [4.78, 5) is 5.17. The number of phosphoric ester groups is 1. The third kappa shape index (κ3) is 21.7. The molecule has 37 heavy (non-hydrogen) atoms. The van der Waals surface area contributed by atoms with Crippen LogP contribution in [0.1, 0.15) is 129 Å². The molecule has 1 aromatic carbocycles. The van der Waals surface area contributed by atoms with Gasteiger partial charge in [0.15, 0.2) is 5.75 Å². The fourth-order valence-electron chi connectivity index (χ4n) is 4.18. The van der Waals surface area contributed by atoms with Crippen LogP contribution in [0.4, 0.5) is 0 Å². The third-order valence-corrected chi connectivity index (χ3v) is 7.65. The van der Waals surface area contributed by atoms with Gasteiger partial charge < -0.3 is 9.62 Å². The van der Waals surface area contributed by atoms with E-state index in [1.807, 2.05) is 13.0 Å². The van der Waals surface area contributed by atoms with E-state index in [0.29, 0.717) is 25.6 Å². The van der Waals surface area contributed by atoms with Crippen molar-refractivity contribution in [1.29, 1.82) is 0 Å². The number of benzene rings is 1. The molecule has 0 saturated heterocycles. The zero-order valence-electron chi connectivity index (χ0n) is 23.8. The van der Waals surface area contributed by atoms with Crippen LogP contribution in [0.3, 0.4) is 0 Å². The number of phosphoric acid groups is 1. The van der Waals surface area contributed by atoms with Crippen molar-refractivity contribution < 1.29 is 27.9 Å². The van der Waals surface area contributed by atoms with Crippen LogP contribution in [0.5, 0.6) is 5.75 Å². The van der Waals surface area contributed by atoms with Crippen LogP contribution in [0.25, 0.3) is 0 Å². The van der Waals surface area contributed by atoms with Gasteiger partial charge in [-0.25, -0.2) is 4.57 Å². The average molecular weight is 543 g/mol. The molecule has 216 valence electrons. The van der Waals surface area contributed by atoms with Gasteiger partial charge in [-0.1, -0.05) is 139 Å². The molecule has 0 aromatic heterocycles. The Morgan fingerprint density at radius 3 is 1.51 bits per heavy atom. The lowest BCUT2D eigenvalue weighted by Gasteiger charge is -2.17. The van der Waals surface area contributed by atoms with Gasteiger partial charge in [-0.3, -0.25) is 9.05 Å². The minimum atomic E-state index is -3.82. The van der Waals surface area contributed by atoms with Crippen molar-refractivity contribution in [1.82, 2.24) is 0 Å². The van der Waals surface area contributed by atoms with E-state index >= 15 is 0 Å². The van der Waals surface area contributed by atoms with Crippen molar-refractivity contribution in [3.8, 4) is 5.75 Å². The van der Waals surface area contributed by atoms with Gasteiger partial charge in [-0.2, -0.15) is 0 Å². The van der Waals surface area contributed by atoms with E-state index in [1.165, 1.54) is 103 Å². The zero-order valence-corrected chi connectivity index (χ0v) is 24.7. The molecule has 7 heteroatoms. The predicted octanol–water partition coefficient (Wildman–Crippen LogP) is 10.2. The van der Waals surface area contributed by atoms with Gasteiger partial charge in [0.2, 0.25) is 0 Å². The number of para-hydroxylation sites is 1. The van der Waals surface area contributed by atoms with E-state index in [1.54, 1.807) is 24.3 Å². The monoisotopic (exact) mass is 542 g/mol. The summed E-state index contributed by atoms with van der Waals surface area (Å²) in [5.74, 6) is 0.438. The molecule has 0 aliphatic carbocycles. The van der Waals surface area contributed by atoms with E-state index in [-0.39, 0.29) is 6.61 Å². The van der Waals surface area contributed by atoms with Crippen molar-refractivity contribution in [3.05, 3.63) is 30.3 Å². The lowest BCUT2D eigenvalue weighted by molar-refractivity contribution is -0.133. The van der Waals surface area contributed by atoms with Crippen LogP contribution in [0, 0.1) is 0 Å². The van der Waals surface area contributed by atoms with Crippen molar-refractivity contribution in [2.75, 3.05) is 26.4 Å². The Labute approximate surface area is 227 Å². The fourth-order valence-corrected chi connectivity index (χ4v) is 5.17. The van der Waals surface area contributed by atoms with Crippen LogP contribution < -0.4 is 4.89 Å². The molecular formula is C30H55O6P. The Bertz CT molecular complexity index is 642. The standard InChI is InChI=1S/C30H55O6P/c1-3-5-6-7-8-9-10-11-12-13-14-15-16-17-18-19-20-24-27-33-37(31,34-29-28-32-4-2)36-35-30-25-22-21-23-26-30/h21-23,25-26H,3-20,24,27-29H2,1-2H3. The fraction of sp³-hybridized carbons (Fsp3) is 0.800. The van der Waals surface area contributed by atoms with E-state index in [9.17, 15) is 4.57 Å². The van der Waals surface area contributed by atoms with E-state index < -0.39 is 7.82 Å². The summed E-state index contributed by atoms with van der Waals surface area (Å²) in [6.45, 7) is 5.48. The molecule has 0 amide bonds. The quantitative estimate of drug-likeness (QED) is 0.0454. The average Bonchev–Trinajstić information content (AvgIpc) is 2.92. The molecule has 0 aliphatic rings. The van der Waals surface area contributed by atoms with Gasteiger partial charge in [0.25, 0.3) is 0 Å². The molecule has 1 atom stereocenters. The number of rotatable bonds is 28. The summed E-state index contributed by atoms with van der Waals surface area (Å²) >= 11 is 0. The summed E-state index contributed by atoms with van der Waals surface area (Å²) in [6, 6.07) is 8.89. The third-order valence-electron chi connectivity index (χ3n) is 6.40. The molecule has 0 fully saturated rings.